The summed E-state index contributed by atoms with van der Waals surface area (Å²) in [5.41, 5.74) is 0. The summed E-state index contributed by atoms with van der Waals surface area (Å²) >= 11 is 0. The van der Waals surface area contributed by atoms with Gasteiger partial charge < -0.3 is 14.6 Å². The van der Waals surface area contributed by atoms with E-state index in [-0.39, 0.29) is 12.6 Å². The minimum atomic E-state index is -0.428. The molecule has 0 aliphatic carbocycles. The molecule has 5 heteroatoms. The van der Waals surface area contributed by atoms with Gasteiger partial charge in [0.25, 0.3) is 0 Å². The van der Waals surface area contributed by atoms with Gasteiger partial charge in [-0.15, -0.1) is 0 Å². The fraction of sp³-hybridized carbons (Fsp3) is 0.733. The van der Waals surface area contributed by atoms with Crippen molar-refractivity contribution in [2.24, 2.45) is 0 Å². The van der Waals surface area contributed by atoms with Crippen LogP contribution in [-0.2, 0) is 19.1 Å². The minimum absolute atomic E-state index is 0.171. The van der Waals surface area contributed by atoms with E-state index in [0.29, 0.717) is 32.5 Å². The molecule has 1 N–H and O–H groups in total. The van der Waals surface area contributed by atoms with Crippen molar-refractivity contribution in [3.63, 3.8) is 0 Å². The fourth-order valence-electron chi connectivity index (χ4n) is 1.61. The Morgan fingerprint density at radius 1 is 0.900 bits per heavy atom. The Bertz CT molecular complexity index is 275. The van der Waals surface area contributed by atoms with E-state index in [1.54, 1.807) is 0 Å². The molecule has 0 aliphatic heterocycles. The Kier molecular flexibility index (Phi) is 13.1. The minimum Gasteiger partial charge on any atom is -0.466 e. The highest BCUT2D eigenvalue weighted by molar-refractivity contribution is 5.81. The second-order valence-electron chi connectivity index (χ2n) is 4.54. The number of aliphatic hydroxyl groups excluding tert-OH is 1. The number of carbonyl (C=O) groups excluding carboxylic acids is 2. The van der Waals surface area contributed by atoms with Crippen molar-refractivity contribution < 1.29 is 24.2 Å². The second-order valence-corrected chi connectivity index (χ2v) is 4.54. The SMILES string of the molecule is C=CC(=O)OCCCCOC(=O)CCCCCCCO. The molecule has 0 heterocycles. The number of esters is 2. The van der Waals surface area contributed by atoms with Crippen LogP contribution in [0.4, 0.5) is 0 Å². The highest BCUT2D eigenvalue weighted by Crippen LogP contribution is 2.06. The molecular formula is C15H26O5. The molecule has 0 saturated carbocycles. The smallest absolute Gasteiger partial charge is 0.330 e. The molecule has 0 rings (SSSR count). The summed E-state index contributed by atoms with van der Waals surface area (Å²) in [5, 5.41) is 8.61. The van der Waals surface area contributed by atoms with Crippen LogP contribution in [0.25, 0.3) is 0 Å². The molecule has 0 aliphatic rings. The van der Waals surface area contributed by atoms with Crippen LogP contribution in [0.2, 0.25) is 0 Å². The van der Waals surface area contributed by atoms with Crippen LogP contribution in [0, 0.1) is 0 Å². The van der Waals surface area contributed by atoms with Crippen molar-refractivity contribution in [2.45, 2.75) is 51.4 Å². The number of hydrogen-bond donors (Lipinski definition) is 1. The summed E-state index contributed by atoms with van der Waals surface area (Å²) in [6, 6.07) is 0. The maximum atomic E-state index is 11.4. The number of aliphatic hydroxyl groups is 1. The van der Waals surface area contributed by atoms with Crippen molar-refractivity contribution in [3.05, 3.63) is 12.7 Å². The van der Waals surface area contributed by atoms with Crippen LogP contribution < -0.4 is 0 Å². The quantitative estimate of drug-likeness (QED) is 0.320. The number of unbranched alkanes of at least 4 members (excludes halogenated alkanes) is 5. The van der Waals surface area contributed by atoms with E-state index >= 15 is 0 Å². The second kappa shape index (κ2) is 14.1. The Labute approximate surface area is 121 Å². The average Bonchev–Trinajstić information content (AvgIpc) is 2.46. The fourth-order valence-corrected chi connectivity index (χ4v) is 1.61. The zero-order valence-corrected chi connectivity index (χ0v) is 12.1. The lowest BCUT2D eigenvalue weighted by Gasteiger charge is -2.05. The molecule has 0 atom stereocenters. The van der Waals surface area contributed by atoms with Crippen LogP contribution in [-0.4, -0.2) is 36.9 Å². The van der Waals surface area contributed by atoms with Gasteiger partial charge >= 0.3 is 11.9 Å². The molecule has 116 valence electrons. The zero-order chi connectivity index (χ0) is 15.1. The normalized spacial score (nSPS) is 10.1. The third-order valence-corrected chi connectivity index (χ3v) is 2.75. The topological polar surface area (TPSA) is 72.8 Å². The number of ether oxygens (including phenoxy) is 2. The van der Waals surface area contributed by atoms with Crippen LogP contribution in [0.5, 0.6) is 0 Å². The molecule has 0 radical (unpaired) electrons. The van der Waals surface area contributed by atoms with Crippen molar-refractivity contribution in [3.8, 4) is 0 Å². The molecule has 20 heavy (non-hydrogen) atoms. The molecule has 0 aromatic carbocycles. The van der Waals surface area contributed by atoms with Crippen LogP contribution in [0.3, 0.4) is 0 Å². The van der Waals surface area contributed by atoms with Crippen molar-refractivity contribution in [1.82, 2.24) is 0 Å². The van der Waals surface area contributed by atoms with E-state index < -0.39 is 5.97 Å². The third kappa shape index (κ3) is 13.1. The predicted octanol–water partition coefficient (Wildman–Crippen LogP) is 2.37. The highest BCUT2D eigenvalue weighted by Gasteiger charge is 2.02. The predicted molar refractivity (Wildman–Crippen MR) is 76.1 cm³/mol. The van der Waals surface area contributed by atoms with Gasteiger partial charge in [-0.1, -0.05) is 25.8 Å². The van der Waals surface area contributed by atoms with Gasteiger partial charge in [-0.25, -0.2) is 4.79 Å². The Balaban J connectivity index is 3.24. The first-order valence-corrected chi connectivity index (χ1v) is 7.26. The molecule has 0 bridgehead atoms. The summed E-state index contributed by atoms with van der Waals surface area (Å²) in [6.45, 7) is 4.23. The molecule has 0 fully saturated rings. The molecule has 0 aromatic rings. The number of hydrogen-bond acceptors (Lipinski definition) is 5. The highest BCUT2D eigenvalue weighted by atomic mass is 16.5. The van der Waals surface area contributed by atoms with Crippen molar-refractivity contribution >= 4 is 11.9 Å². The standard InChI is InChI=1S/C15H26O5/c1-2-14(17)19-12-8-9-13-20-15(18)10-6-4-3-5-7-11-16/h2,16H,1,3-13H2. The Morgan fingerprint density at radius 2 is 1.50 bits per heavy atom. The lowest BCUT2D eigenvalue weighted by Crippen LogP contribution is -2.07. The number of rotatable bonds is 13. The molecular weight excluding hydrogens is 260 g/mol. The van der Waals surface area contributed by atoms with Crippen LogP contribution >= 0.6 is 0 Å². The van der Waals surface area contributed by atoms with E-state index in [0.717, 1.165) is 38.2 Å². The van der Waals surface area contributed by atoms with Gasteiger partial charge in [-0.2, -0.15) is 0 Å². The molecule has 0 spiro atoms. The first-order valence-electron chi connectivity index (χ1n) is 7.26. The summed E-state index contributed by atoms with van der Waals surface area (Å²) in [6.07, 6.45) is 7.65. The van der Waals surface area contributed by atoms with E-state index in [4.69, 9.17) is 14.6 Å². The van der Waals surface area contributed by atoms with Crippen molar-refractivity contribution in [1.29, 1.82) is 0 Å². The molecule has 0 saturated heterocycles. The average molecular weight is 286 g/mol. The molecule has 0 amide bonds. The largest absolute Gasteiger partial charge is 0.466 e. The first-order chi connectivity index (χ1) is 9.70. The van der Waals surface area contributed by atoms with Crippen LogP contribution in [0.1, 0.15) is 51.4 Å². The van der Waals surface area contributed by atoms with Gasteiger partial charge in [0.2, 0.25) is 0 Å². The maximum absolute atomic E-state index is 11.4. The Hall–Kier alpha value is -1.36. The van der Waals surface area contributed by atoms with Crippen LogP contribution in [0.15, 0.2) is 12.7 Å². The molecule has 5 nitrogen and oxygen atoms in total. The van der Waals surface area contributed by atoms with E-state index in [2.05, 4.69) is 6.58 Å². The van der Waals surface area contributed by atoms with Gasteiger partial charge in [0.15, 0.2) is 0 Å². The van der Waals surface area contributed by atoms with Crippen molar-refractivity contribution in [2.75, 3.05) is 19.8 Å². The maximum Gasteiger partial charge on any atom is 0.330 e. The summed E-state index contributed by atoms with van der Waals surface area (Å²) in [4.78, 5) is 22.1. The van der Waals surface area contributed by atoms with E-state index in [1.165, 1.54) is 0 Å². The van der Waals surface area contributed by atoms with Gasteiger partial charge in [0, 0.05) is 19.1 Å². The monoisotopic (exact) mass is 286 g/mol. The summed E-state index contributed by atoms with van der Waals surface area (Å²) in [7, 11) is 0. The summed E-state index contributed by atoms with van der Waals surface area (Å²) < 4.78 is 9.86. The number of carbonyl (C=O) groups is 2. The van der Waals surface area contributed by atoms with E-state index in [9.17, 15) is 9.59 Å². The first kappa shape index (κ1) is 18.6. The summed E-state index contributed by atoms with van der Waals surface area (Å²) in [5.74, 6) is -0.599. The zero-order valence-electron chi connectivity index (χ0n) is 12.1. The van der Waals surface area contributed by atoms with Gasteiger partial charge in [-0.3, -0.25) is 4.79 Å². The van der Waals surface area contributed by atoms with Gasteiger partial charge in [0.1, 0.15) is 0 Å². The third-order valence-electron chi connectivity index (χ3n) is 2.75. The lowest BCUT2D eigenvalue weighted by molar-refractivity contribution is -0.144. The van der Waals surface area contributed by atoms with Gasteiger partial charge in [-0.05, 0) is 25.7 Å². The molecule has 0 unspecified atom stereocenters. The van der Waals surface area contributed by atoms with Gasteiger partial charge in [0.05, 0.1) is 13.2 Å². The lowest BCUT2D eigenvalue weighted by atomic mass is 10.1. The molecule has 0 aromatic heterocycles. The van der Waals surface area contributed by atoms with E-state index in [1.807, 2.05) is 0 Å². The Morgan fingerprint density at radius 3 is 2.15 bits per heavy atom.